The molecule has 0 amide bonds. The molecule has 0 fully saturated rings. The Labute approximate surface area is 57.6 Å². The second-order valence-electron chi connectivity index (χ2n) is 2.89. The zero-order valence-electron chi connectivity index (χ0n) is 6.28. The fourth-order valence-electron chi connectivity index (χ4n) is 1.16. The molecule has 0 saturated carbocycles. The Morgan fingerprint density at radius 3 is 2.67 bits per heavy atom. The third kappa shape index (κ3) is 1.86. The second kappa shape index (κ2) is 3.07. The van der Waals surface area contributed by atoms with Gasteiger partial charge in [-0.15, -0.1) is 5.47 Å². The normalized spacial score (nSPS) is 19.1. The first-order valence-corrected chi connectivity index (χ1v) is 3.70. The van der Waals surface area contributed by atoms with Gasteiger partial charge in [0.05, 0.1) is 0 Å². The molecule has 0 aromatic rings. The fourth-order valence-corrected chi connectivity index (χ4v) is 1.16. The largest absolute Gasteiger partial charge is 0.313 e. The van der Waals surface area contributed by atoms with Gasteiger partial charge in [0.15, 0.2) is 6.71 Å². The molecule has 1 aliphatic heterocycles. The lowest BCUT2D eigenvalue weighted by Gasteiger charge is -2.14. The molecule has 1 heterocycles. The fraction of sp³-hybridized carbons (Fsp3) is 0.714. The summed E-state index contributed by atoms with van der Waals surface area (Å²) in [5, 5.41) is 3.29. The van der Waals surface area contributed by atoms with Gasteiger partial charge >= 0.3 is 0 Å². The average Bonchev–Trinajstić information content (AvgIpc) is 1.90. The molecule has 0 atom stereocenters. The minimum Gasteiger partial charge on any atom is -0.313 e. The van der Waals surface area contributed by atoms with Crippen LogP contribution in [0, 0.1) is 0 Å². The first-order chi connectivity index (χ1) is 4.30. The third-order valence-corrected chi connectivity index (χ3v) is 1.84. The summed E-state index contributed by atoms with van der Waals surface area (Å²) in [5.74, 6) is 0. The molecule has 2 heteroatoms. The molecule has 0 radical (unpaired) electrons. The van der Waals surface area contributed by atoms with E-state index >= 15 is 0 Å². The van der Waals surface area contributed by atoms with Crippen molar-refractivity contribution >= 4 is 6.71 Å². The molecule has 9 heavy (non-hydrogen) atoms. The number of hydrogen-bond donors (Lipinski definition) is 1. The zero-order valence-corrected chi connectivity index (χ0v) is 6.28. The SMILES string of the molecule is CB(C)C1=CCNCC1. The summed E-state index contributed by atoms with van der Waals surface area (Å²) in [6, 6.07) is 0. The van der Waals surface area contributed by atoms with Crippen LogP contribution in [0.1, 0.15) is 6.42 Å². The average molecular weight is 123 g/mol. The van der Waals surface area contributed by atoms with Gasteiger partial charge < -0.3 is 5.32 Å². The van der Waals surface area contributed by atoms with Crippen molar-refractivity contribution < 1.29 is 0 Å². The Morgan fingerprint density at radius 1 is 1.56 bits per heavy atom. The molecule has 1 rings (SSSR count). The Kier molecular flexibility index (Phi) is 2.34. The van der Waals surface area contributed by atoms with E-state index in [0.717, 1.165) is 13.3 Å². The highest BCUT2D eigenvalue weighted by atomic mass is 14.8. The van der Waals surface area contributed by atoms with Gasteiger partial charge in [-0.05, 0) is 13.0 Å². The molecule has 0 unspecified atom stereocenters. The Balaban J connectivity index is 2.46. The predicted octanol–water partition coefficient (Wildman–Crippen LogP) is 1.20. The lowest BCUT2D eigenvalue weighted by Crippen LogP contribution is -2.24. The molecular formula is C7H14BN. The predicted molar refractivity (Wildman–Crippen MR) is 43.1 cm³/mol. The Bertz CT molecular complexity index is 118. The summed E-state index contributed by atoms with van der Waals surface area (Å²) in [6.45, 7) is 7.53. The Hall–Kier alpha value is -0.235. The monoisotopic (exact) mass is 123 g/mol. The lowest BCUT2D eigenvalue weighted by molar-refractivity contribution is 0.719. The van der Waals surface area contributed by atoms with Gasteiger partial charge in [-0.3, -0.25) is 0 Å². The van der Waals surface area contributed by atoms with Gasteiger partial charge in [0.1, 0.15) is 0 Å². The van der Waals surface area contributed by atoms with E-state index in [-0.39, 0.29) is 0 Å². The Morgan fingerprint density at radius 2 is 2.33 bits per heavy atom. The molecule has 0 aliphatic carbocycles. The van der Waals surface area contributed by atoms with Crippen molar-refractivity contribution in [1.82, 2.24) is 5.32 Å². The first-order valence-electron chi connectivity index (χ1n) is 3.70. The van der Waals surface area contributed by atoms with Crippen molar-refractivity contribution in [2.24, 2.45) is 0 Å². The van der Waals surface area contributed by atoms with Crippen LogP contribution in [-0.2, 0) is 0 Å². The molecule has 1 nitrogen and oxygen atoms in total. The summed E-state index contributed by atoms with van der Waals surface area (Å²) < 4.78 is 0. The van der Waals surface area contributed by atoms with E-state index in [9.17, 15) is 0 Å². The molecular weight excluding hydrogens is 109 g/mol. The van der Waals surface area contributed by atoms with Crippen molar-refractivity contribution in [3.63, 3.8) is 0 Å². The maximum atomic E-state index is 3.29. The topological polar surface area (TPSA) is 12.0 Å². The third-order valence-electron chi connectivity index (χ3n) is 1.84. The van der Waals surface area contributed by atoms with Gasteiger partial charge in [-0.2, -0.15) is 0 Å². The van der Waals surface area contributed by atoms with Crippen molar-refractivity contribution in [2.75, 3.05) is 13.1 Å². The number of hydrogen-bond acceptors (Lipinski definition) is 1. The van der Waals surface area contributed by atoms with Crippen LogP contribution < -0.4 is 5.32 Å². The van der Waals surface area contributed by atoms with Crippen LogP contribution in [0.3, 0.4) is 0 Å². The summed E-state index contributed by atoms with van der Waals surface area (Å²) >= 11 is 0. The number of nitrogens with one attached hydrogen (secondary N) is 1. The summed E-state index contributed by atoms with van der Waals surface area (Å²) in [6.07, 6.45) is 3.56. The van der Waals surface area contributed by atoms with Crippen LogP contribution >= 0.6 is 0 Å². The quantitative estimate of drug-likeness (QED) is 0.516. The second-order valence-corrected chi connectivity index (χ2v) is 2.89. The van der Waals surface area contributed by atoms with Gasteiger partial charge in [-0.1, -0.05) is 19.7 Å². The standard InChI is InChI=1S/C7H14BN/c1-8(2)7-3-5-9-6-4-7/h3,9H,4-6H2,1-2H3. The van der Waals surface area contributed by atoms with Gasteiger partial charge in [0.2, 0.25) is 0 Å². The van der Waals surface area contributed by atoms with E-state index in [2.05, 4.69) is 25.0 Å². The molecule has 0 aromatic carbocycles. The summed E-state index contributed by atoms with van der Waals surface area (Å²) in [5.41, 5.74) is 1.62. The highest BCUT2D eigenvalue weighted by molar-refractivity contribution is 6.64. The summed E-state index contributed by atoms with van der Waals surface area (Å²) in [7, 11) is 0. The highest BCUT2D eigenvalue weighted by Crippen LogP contribution is 2.07. The summed E-state index contributed by atoms with van der Waals surface area (Å²) in [4.78, 5) is 0. The van der Waals surface area contributed by atoms with E-state index in [1.165, 1.54) is 13.0 Å². The van der Waals surface area contributed by atoms with Crippen molar-refractivity contribution in [3.8, 4) is 0 Å². The maximum absolute atomic E-state index is 3.29. The van der Waals surface area contributed by atoms with E-state index in [0.29, 0.717) is 0 Å². The van der Waals surface area contributed by atoms with Gasteiger partial charge in [-0.25, -0.2) is 0 Å². The van der Waals surface area contributed by atoms with Gasteiger partial charge in [0, 0.05) is 6.54 Å². The molecule has 0 aromatic heterocycles. The molecule has 0 bridgehead atoms. The number of rotatable bonds is 1. The van der Waals surface area contributed by atoms with E-state index in [1.807, 2.05) is 0 Å². The van der Waals surface area contributed by atoms with Crippen LogP contribution in [0.5, 0.6) is 0 Å². The minimum absolute atomic E-state index is 0.757. The van der Waals surface area contributed by atoms with E-state index in [4.69, 9.17) is 0 Å². The first kappa shape index (κ1) is 6.88. The van der Waals surface area contributed by atoms with Crippen LogP contribution in [-0.4, -0.2) is 19.8 Å². The molecule has 1 aliphatic rings. The minimum atomic E-state index is 0.757. The molecule has 0 spiro atoms. The van der Waals surface area contributed by atoms with Crippen molar-refractivity contribution in [2.45, 2.75) is 20.1 Å². The van der Waals surface area contributed by atoms with Crippen LogP contribution in [0.25, 0.3) is 0 Å². The van der Waals surface area contributed by atoms with Crippen LogP contribution in [0.15, 0.2) is 11.5 Å². The molecule has 0 saturated heterocycles. The lowest BCUT2D eigenvalue weighted by atomic mass is 9.47. The highest BCUT2D eigenvalue weighted by Gasteiger charge is 2.07. The van der Waals surface area contributed by atoms with Crippen molar-refractivity contribution in [1.29, 1.82) is 0 Å². The van der Waals surface area contributed by atoms with E-state index < -0.39 is 0 Å². The maximum Gasteiger partial charge on any atom is 0.163 e. The van der Waals surface area contributed by atoms with E-state index in [1.54, 1.807) is 5.47 Å². The van der Waals surface area contributed by atoms with Gasteiger partial charge in [0.25, 0.3) is 0 Å². The smallest absolute Gasteiger partial charge is 0.163 e. The van der Waals surface area contributed by atoms with Crippen molar-refractivity contribution in [3.05, 3.63) is 11.5 Å². The van der Waals surface area contributed by atoms with Crippen LogP contribution in [0.2, 0.25) is 13.6 Å². The molecule has 1 N–H and O–H groups in total. The zero-order chi connectivity index (χ0) is 6.69. The molecule has 50 valence electrons. The van der Waals surface area contributed by atoms with Crippen LogP contribution in [0.4, 0.5) is 0 Å².